The van der Waals surface area contributed by atoms with Crippen LogP contribution >= 0.6 is 23.2 Å². The zero-order valence-corrected chi connectivity index (χ0v) is 18.6. The van der Waals surface area contributed by atoms with Crippen molar-refractivity contribution in [3.63, 3.8) is 0 Å². The number of fused-ring (bicyclic) bond motifs is 1. The first kappa shape index (κ1) is 21.6. The Morgan fingerprint density at radius 3 is 2.59 bits per heavy atom. The highest BCUT2D eigenvalue weighted by molar-refractivity contribution is 6.36. The Labute approximate surface area is 192 Å². The summed E-state index contributed by atoms with van der Waals surface area (Å²) < 4.78 is 6.87. The normalized spacial score (nSPS) is 10.9. The van der Waals surface area contributed by atoms with E-state index < -0.39 is 11.6 Å². The van der Waals surface area contributed by atoms with Crippen molar-refractivity contribution >= 4 is 51.8 Å². The predicted molar refractivity (Wildman–Crippen MR) is 125 cm³/mol. The number of para-hydroxylation sites is 1. The SMILES string of the molecule is COc1ccccc1-c1c(N(C(N)=O)c2ncc(Cl)cc2Cl)c(=O)n(C)c2ncccc12. The molecule has 0 unspecified atom stereocenters. The van der Waals surface area contributed by atoms with Gasteiger partial charge >= 0.3 is 6.03 Å². The fourth-order valence-corrected chi connectivity index (χ4v) is 4.04. The predicted octanol–water partition coefficient (Wildman–Crippen LogP) is 4.53. The van der Waals surface area contributed by atoms with Crippen LogP contribution in [0, 0.1) is 0 Å². The highest BCUT2D eigenvalue weighted by atomic mass is 35.5. The molecule has 1 aromatic carbocycles. The number of rotatable bonds is 4. The third-order valence-corrected chi connectivity index (χ3v) is 5.42. The Morgan fingerprint density at radius 1 is 1.16 bits per heavy atom. The lowest BCUT2D eigenvalue weighted by Crippen LogP contribution is -2.38. The molecule has 3 heterocycles. The van der Waals surface area contributed by atoms with Gasteiger partial charge in [0.25, 0.3) is 5.56 Å². The van der Waals surface area contributed by atoms with Crippen LogP contribution in [0.1, 0.15) is 0 Å². The van der Waals surface area contributed by atoms with Gasteiger partial charge < -0.3 is 10.5 Å². The highest BCUT2D eigenvalue weighted by Crippen LogP contribution is 2.42. The summed E-state index contributed by atoms with van der Waals surface area (Å²) >= 11 is 12.3. The topological polar surface area (TPSA) is 103 Å². The van der Waals surface area contributed by atoms with E-state index in [1.807, 2.05) is 0 Å². The van der Waals surface area contributed by atoms with Crippen LogP contribution in [0.2, 0.25) is 10.0 Å². The van der Waals surface area contributed by atoms with Crippen molar-refractivity contribution in [2.45, 2.75) is 0 Å². The Morgan fingerprint density at radius 2 is 1.91 bits per heavy atom. The van der Waals surface area contributed by atoms with Crippen molar-refractivity contribution < 1.29 is 9.53 Å². The molecule has 162 valence electrons. The van der Waals surface area contributed by atoms with E-state index in [1.54, 1.807) is 49.6 Å². The van der Waals surface area contributed by atoms with Gasteiger partial charge in [-0.05, 0) is 24.3 Å². The van der Waals surface area contributed by atoms with Crippen LogP contribution in [0.25, 0.3) is 22.2 Å². The molecule has 0 aliphatic heterocycles. The number of aryl methyl sites for hydroxylation is 1. The quantitative estimate of drug-likeness (QED) is 0.472. The van der Waals surface area contributed by atoms with Crippen LogP contribution in [0.4, 0.5) is 16.3 Å². The number of ether oxygens (including phenoxy) is 1. The molecule has 2 N–H and O–H groups in total. The number of nitrogens with zero attached hydrogens (tertiary/aromatic N) is 4. The van der Waals surface area contributed by atoms with Crippen LogP contribution in [0.5, 0.6) is 5.75 Å². The summed E-state index contributed by atoms with van der Waals surface area (Å²) in [6, 6.07) is 11.1. The molecule has 0 saturated carbocycles. The van der Waals surface area contributed by atoms with Crippen molar-refractivity contribution in [1.29, 1.82) is 0 Å². The maximum atomic E-state index is 13.6. The molecule has 0 aliphatic rings. The minimum atomic E-state index is -0.946. The number of hydrogen-bond donors (Lipinski definition) is 1. The Kier molecular flexibility index (Phi) is 5.73. The zero-order valence-electron chi connectivity index (χ0n) is 17.0. The summed E-state index contributed by atoms with van der Waals surface area (Å²) in [4.78, 5) is 35.8. The van der Waals surface area contributed by atoms with Gasteiger partial charge in [-0.15, -0.1) is 0 Å². The van der Waals surface area contributed by atoms with E-state index in [0.29, 0.717) is 27.9 Å². The number of anilines is 2. The fourth-order valence-electron chi connectivity index (χ4n) is 3.57. The maximum Gasteiger partial charge on any atom is 0.325 e. The molecule has 4 rings (SSSR count). The van der Waals surface area contributed by atoms with Gasteiger partial charge in [-0.3, -0.25) is 9.36 Å². The van der Waals surface area contributed by atoms with Crippen molar-refractivity contribution in [2.75, 3.05) is 12.0 Å². The van der Waals surface area contributed by atoms with Crippen molar-refractivity contribution in [3.05, 3.63) is 75.3 Å². The first-order valence-corrected chi connectivity index (χ1v) is 10.1. The highest BCUT2D eigenvalue weighted by Gasteiger charge is 2.30. The summed E-state index contributed by atoms with van der Waals surface area (Å²) in [7, 11) is 3.08. The molecule has 0 bridgehead atoms. The number of primary amides is 1. The fraction of sp³-hybridized carbons (Fsp3) is 0.0909. The number of methoxy groups -OCH3 is 1. The van der Waals surface area contributed by atoms with Gasteiger partial charge in [-0.2, -0.15) is 0 Å². The lowest BCUT2D eigenvalue weighted by molar-refractivity contribution is 0.256. The van der Waals surface area contributed by atoms with Gasteiger partial charge in [-0.25, -0.2) is 19.7 Å². The monoisotopic (exact) mass is 469 g/mol. The molecule has 2 amide bonds. The van der Waals surface area contributed by atoms with Crippen LogP contribution in [-0.2, 0) is 7.05 Å². The second-order valence-electron chi connectivity index (χ2n) is 6.80. The van der Waals surface area contributed by atoms with Crippen LogP contribution in [0.3, 0.4) is 0 Å². The van der Waals surface area contributed by atoms with Gasteiger partial charge in [0.2, 0.25) is 0 Å². The van der Waals surface area contributed by atoms with Crippen LogP contribution < -0.4 is 20.9 Å². The maximum absolute atomic E-state index is 13.6. The summed E-state index contributed by atoms with van der Waals surface area (Å²) in [5.74, 6) is 0.465. The molecule has 0 aliphatic carbocycles. The molecule has 32 heavy (non-hydrogen) atoms. The zero-order chi connectivity index (χ0) is 23.0. The van der Waals surface area contributed by atoms with Crippen molar-refractivity contribution in [1.82, 2.24) is 14.5 Å². The number of nitrogens with two attached hydrogens (primary N) is 1. The number of pyridine rings is 3. The number of hydrogen-bond acceptors (Lipinski definition) is 5. The lowest BCUT2D eigenvalue weighted by atomic mass is 9.98. The summed E-state index contributed by atoms with van der Waals surface area (Å²) in [6.45, 7) is 0. The van der Waals surface area contributed by atoms with Gasteiger partial charge in [0.05, 0.1) is 17.2 Å². The smallest absolute Gasteiger partial charge is 0.325 e. The molecule has 3 aromatic heterocycles. The Hall–Kier alpha value is -3.62. The Balaban J connectivity index is 2.21. The molecule has 10 heteroatoms. The number of benzene rings is 1. The van der Waals surface area contributed by atoms with E-state index >= 15 is 0 Å². The summed E-state index contributed by atoms with van der Waals surface area (Å²) in [6.07, 6.45) is 2.89. The van der Waals surface area contributed by atoms with E-state index in [2.05, 4.69) is 9.97 Å². The largest absolute Gasteiger partial charge is 0.496 e. The minimum absolute atomic E-state index is 0.0277. The number of amides is 2. The van der Waals surface area contributed by atoms with Crippen LogP contribution in [0.15, 0.2) is 59.7 Å². The number of aromatic nitrogens is 3. The third kappa shape index (κ3) is 3.53. The lowest BCUT2D eigenvalue weighted by Gasteiger charge is -2.25. The van der Waals surface area contributed by atoms with E-state index in [0.717, 1.165) is 4.90 Å². The Bertz CT molecular complexity index is 1420. The molecule has 0 radical (unpaired) electrons. The molecule has 0 saturated heterocycles. The van der Waals surface area contributed by atoms with Crippen LogP contribution in [-0.4, -0.2) is 27.7 Å². The molecular formula is C22H17Cl2N5O3. The minimum Gasteiger partial charge on any atom is -0.496 e. The van der Waals surface area contributed by atoms with E-state index in [-0.39, 0.29) is 21.6 Å². The number of urea groups is 1. The molecule has 0 atom stereocenters. The van der Waals surface area contributed by atoms with E-state index in [1.165, 1.54) is 23.9 Å². The second-order valence-corrected chi connectivity index (χ2v) is 7.64. The average molecular weight is 470 g/mol. The first-order valence-electron chi connectivity index (χ1n) is 9.36. The second kappa shape index (κ2) is 8.49. The summed E-state index contributed by atoms with van der Waals surface area (Å²) in [5.41, 5.74) is 6.57. The van der Waals surface area contributed by atoms with Gasteiger partial charge in [0.1, 0.15) is 17.1 Å². The first-order chi connectivity index (χ1) is 15.3. The van der Waals surface area contributed by atoms with E-state index in [4.69, 9.17) is 33.7 Å². The number of carbonyl (C=O) groups is 1. The van der Waals surface area contributed by atoms with E-state index in [9.17, 15) is 9.59 Å². The van der Waals surface area contributed by atoms with Gasteiger partial charge in [0, 0.05) is 36.0 Å². The molecule has 8 nitrogen and oxygen atoms in total. The van der Waals surface area contributed by atoms with Crippen molar-refractivity contribution in [3.8, 4) is 16.9 Å². The summed E-state index contributed by atoms with van der Waals surface area (Å²) in [5, 5.41) is 0.921. The number of carbonyl (C=O) groups excluding carboxylic acids is 1. The molecule has 4 aromatic rings. The third-order valence-electron chi connectivity index (χ3n) is 4.94. The molecule has 0 spiro atoms. The number of halogens is 2. The van der Waals surface area contributed by atoms with Crippen molar-refractivity contribution in [2.24, 2.45) is 12.8 Å². The van der Waals surface area contributed by atoms with Gasteiger partial charge in [0.15, 0.2) is 5.82 Å². The standard InChI is InChI=1S/C22H17Cl2N5O3/c1-28-19-14(7-5-9-26-19)17(13-6-3-4-8-16(13)32-2)18(21(28)30)29(22(25)31)20-15(24)10-12(23)11-27-20/h3-11H,1-2H3,(H2,25,31). The molecule has 0 fully saturated rings. The average Bonchev–Trinajstić information content (AvgIpc) is 2.78. The van der Waals surface area contributed by atoms with Gasteiger partial charge in [-0.1, -0.05) is 41.4 Å². The molecular weight excluding hydrogens is 453 g/mol.